The first kappa shape index (κ1) is 19.5. The second-order valence-corrected chi connectivity index (χ2v) is 7.78. The molecule has 2 unspecified atom stereocenters. The molecule has 2 atom stereocenters. The van der Waals surface area contributed by atoms with Crippen LogP contribution in [0.25, 0.3) is 0 Å². The van der Waals surface area contributed by atoms with Gasteiger partial charge in [0.2, 0.25) is 5.91 Å². The summed E-state index contributed by atoms with van der Waals surface area (Å²) in [5.74, 6) is -0.547. The highest BCUT2D eigenvalue weighted by atomic mass is 16.4. The summed E-state index contributed by atoms with van der Waals surface area (Å²) in [6.07, 6.45) is 3.88. The van der Waals surface area contributed by atoms with Crippen LogP contribution < -0.4 is 5.32 Å². The molecule has 0 aromatic rings. The predicted molar refractivity (Wildman–Crippen MR) is 94.1 cm³/mol. The third kappa shape index (κ3) is 5.61. The molecule has 2 rings (SSSR count). The third-order valence-corrected chi connectivity index (χ3v) is 4.93. The number of nitrogens with zero attached hydrogens (tertiary/aromatic N) is 2. The Labute approximate surface area is 149 Å². The maximum Gasteiger partial charge on any atom is 0.326 e. The lowest BCUT2D eigenvalue weighted by Crippen LogP contribution is -2.49. The number of carboxylic acid groups (broad SMARTS) is 1. The Hall–Kier alpha value is -1.79. The van der Waals surface area contributed by atoms with Gasteiger partial charge in [0.25, 0.3) is 0 Å². The maximum atomic E-state index is 12.7. The highest BCUT2D eigenvalue weighted by Gasteiger charge is 2.39. The van der Waals surface area contributed by atoms with E-state index in [1.165, 1.54) is 0 Å². The first-order valence-corrected chi connectivity index (χ1v) is 9.36. The molecule has 7 heteroatoms. The molecular weight excluding hydrogens is 322 g/mol. The van der Waals surface area contributed by atoms with Crippen LogP contribution in [0.2, 0.25) is 0 Å². The summed E-state index contributed by atoms with van der Waals surface area (Å²) < 4.78 is 0. The third-order valence-electron chi connectivity index (χ3n) is 4.93. The molecule has 142 valence electrons. The molecule has 0 aromatic heterocycles. The van der Waals surface area contributed by atoms with Crippen LogP contribution in [0.1, 0.15) is 52.9 Å². The van der Waals surface area contributed by atoms with E-state index in [0.29, 0.717) is 32.0 Å². The number of carbonyl (C=O) groups is 3. The van der Waals surface area contributed by atoms with E-state index in [2.05, 4.69) is 5.32 Å². The number of urea groups is 1. The minimum atomic E-state index is -0.960. The Morgan fingerprint density at radius 2 is 1.88 bits per heavy atom. The molecule has 0 spiro atoms. The quantitative estimate of drug-likeness (QED) is 0.732. The van der Waals surface area contributed by atoms with E-state index in [1.807, 2.05) is 13.8 Å². The van der Waals surface area contributed by atoms with Crippen molar-refractivity contribution < 1.29 is 19.5 Å². The number of carboxylic acids is 1. The Kier molecular flexibility index (Phi) is 6.67. The molecular formula is C18H31N3O4. The summed E-state index contributed by atoms with van der Waals surface area (Å²) in [5, 5.41) is 12.2. The molecule has 0 bridgehead atoms. The smallest absolute Gasteiger partial charge is 0.326 e. The summed E-state index contributed by atoms with van der Waals surface area (Å²) in [5.41, 5.74) is 0. The van der Waals surface area contributed by atoms with E-state index < -0.39 is 12.0 Å². The van der Waals surface area contributed by atoms with E-state index in [4.69, 9.17) is 0 Å². The molecule has 2 aliphatic rings. The van der Waals surface area contributed by atoms with Crippen molar-refractivity contribution in [2.75, 3.05) is 19.6 Å². The summed E-state index contributed by atoms with van der Waals surface area (Å²) in [7, 11) is 0. The topological polar surface area (TPSA) is 90.0 Å². The lowest BCUT2D eigenvalue weighted by Gasteiger charge is -2.34. The van der Waals surface area contributed by atoms with Crippen molar-refractivity contribution in [2.24, 2.45) is 11.8 Å². The van der Waals surface area contributed by atoms with Crippen LogP contribution in [0.5, 0.6) is 0 Å². The molecule has 2 N–H and O–H groups in total. The van der Waals surface area contributed by atoms with Crippen molar-refractivity contribution in [1.29, 1.82) is 0 Å². The normalized spacial score (nSPS) is 21.8. The van der Waals surface area contributed by atoms with E-state index in [0.717, 1.165) is 25.7 Å². The van der Waals surface area contributed by atoms with Crippen LogP contribution in [0, 0.1) is 11.8 Å². The van der Waals surface area contributed by atoms with E-state index in [-0.39, 0.29) is 23.9 Å². The molecule has 1 heterocycles. The van der Waals surface area contributed by atoms with Crippen LogP contribution in [-0.4, -0.2) is 64.5 Å². The Morgan fingerprint density at radius 3 is 2.44 bits per heavy atom. The number of aliphatic carboxylic acids is 1. The Bertz CT molecular complexity index is 505. The van der Waals surface area contributed by atoms with Crippen LogP contribution in [0.15, 0.2) is 0 Å². The molecule has 2 fully saturated rings. The lowest BCUT2D eigenvalue weighted by molar-refractivity contribution is -0.150. The molecule has 1 saturated heterocycles. The average Bonchev–Trinajstić information content (AvgIpc) is 3.37. The summed E-state index contributed by atoms with van der Waals surface area (Å²) in [6.45, 7) is 7.60. The SMILES string of the molecule is CC(C)CNC(=O)N1CCCC(CC(=O)N(C2CC2)C(C)C(=O)O)C1. The second kappa shape index (κ2) is 8.54. The fourth-order valence-corrected chi connectivity index (χ4v) is 3.38. The van der Waals surface area contributed by atoms with Crippen molar-refractivity contribution in [3.8, 4) is 0 Å². The number of nitrogens with one attached hydrogen (secondary N) is 1. The Morgan fingerprint density at radius 1 is 1.20 bits per heavy atom. The van der Waals surface area contributed by atoms with Gasteiger partial charge in [-0.2, -0.15) is 0 Å². The second-order valence-electron chi connectivity index (χ2n) is 7.78. The molecule has 7 nitrogen and oxygen atoms in total. The predicted octanol–water partition coefficient (Wildman–Crippen LogP) is 1.92. The van der Waals surface area contributed by atoms with Gasteiger partial charge in [-0.05, 0) is 44.4 Å². The largest absolute Gasteiger partial charge is 0.480 e. The van der Waals surface area contributed by atoms with Gasteiger partial charge < -0.3 is 20.2 Å². The number of carbonyl (C=O) groups excluding carboxylic acids is 2. The van der Waals surface area contributed by atoms with Crippen molar-refractivity contribution >= 4 is 17.9 Å². The summed E-state index contributed by atoms with van der Waals surface area (Å²) >= 11 is 0. The highest BCUT2D eigenvalue weighted by Crippen LogP contribution is 2.31. The van der Waals surface area contributed by atoms with Gasteiger partial charge in [0, 0.05) is 32.1 Å². The first-order chi connectivity index (χ1) is 11.8. The maximum absolute atomic E-state index is 12.7. The minimum absolute atomic E-state index is 0.0659. The van der Waals surface area contributed by atoms with Gasteiger partial charge in [-0.25, -0.2) is 9.59 Å². The molecule has 0 aromatic carbocycles. The van der Waals surface area contributed by atoms with E-state index in [1.54, 1.807) is 16.7 Å². The number of likely N-dealkylation sites (tertiary alicyclic amines) is 1. The van der Waals surface area contributed by atoms with Gasteiger partial charge in [-0.3, -0.25) is 4.79 Å². The number of piperidine rings is 1. The standard InChI is InChI=1S/C18H31N3O4/c1-12(2)10-19-18(25)20-8-4-5-14(11-20)9-16(22)21(15-6-7-15)13(3)17(23)24/h12-15H,4-11H2,1-3H3,(H,19,25)(H,23,24). The average molecular weight is 353 g/mol. The number of rotatable bonds is 7. The number of amides is 3. The van der Waals surface area contributed by atoms with Crippen LogP contribution in [-0.2, 0) is 9.59 Å². The fraction of sp³-hybridized carbons (Fsp3) is 0.833. The van der Waals surface area contributed by atoms with Gasteiger partial charge in [0.15, 0.2) is 0 Å². The molecule has 1 aliphatic carbocycles. The van der Waals surface area contributed by atoms with Gasteiger partial charge >= 0.3 is 12.0 Å². The molecule has 3 amide bonds. The Balaban J connectivity index is 1.89. The molecule has 1 saturated carbocycles. The minimum Gasteiger partial charge on any atom is -0.480 e. The van der Waals surface area contributed by atoms with Crippen molar-refractivity contribution in [3.63, 3.8) is 0 Å². The van der Waals surface area contributed by atoms with Crippen LogP contribution in [0.4, 0.5) is 4.79 Å². The van der Waals surface area contributed by atoms with Crippen LogP contribution in [0.3, 0.4) is 0 Å². The zero-order valence-electron chi connectivity index (χ0n) is 15.5. The van der Waals surface area contributed by atoms with Crippen LogP contribution >= 0.6 is 0 Å². The van der Waals surface area contributed by atoms with Gasteiger partial charge in [0.05, 0.1) is 0 Å². The zero-order valence-corrected chi connectivity index (χ0v) is 15.5. The van der Waals surface area contributed by atoms with Crippen molar-refractivity contribution in [1.82, 2.24) is 15.1 Å². The first-order valence-electron chi connectivity index (χ1n) is 9.36. The molecule has 0 radical (unpaired) electrons. The highest BCUT2D eigenvalue weighted by molar-refractivity contribution is 5.84. The zero-order chi connectivity index (χ0) is 18.6. The van der Waals surface area contributed by atoms with Crippen molar-refractivity contribution in [3.05, 3.63) is 0 Å². The molecule has 25 heavy (non-hydrogen) atoms. The van der Waals surface area contributed by atoms with Gasteiger partial charge in [-0.1, -0.05) is 13.8 Å². The fourth-order valence-electron chi connectivity index (χ4n) is 3.38. The molecule has 1 aliphatic heterocycles. The summed E-state index contributed by atoms with van der Waals surface area (Å²) in [6, 6.07) is -0.773. The lowest BCUT2D eigenvalue weighted by atomic mass is 9.94. The van der Waals surface area contributed by atoms with E-state index in [9.17, 15) is 19.5 Å². The van der Waals surface area contributed by atoms with Crippen molar-refractivity contribution in [2.45, 2.75) is 65.0 Å². The van der Waals surface area contributed by atoms with Gasteiger partial charge in [-0.15, -0.1) is 0 Å². The van der Waals surface area contributed by atoms with E-state index >= 15 is 0 Å². The number of hydrogen-bond acceptors (Lipinski definition) is 3. The van der Waals surface area contributed by atoms with Gasteiger partial charge in [0.1, 0.15) is 6.04 Å². The monoisotopic (exact) mass is 353 g/mol. The summed E-state index contributed by atoms with van der Waals surface area (Å²) in [4.78, 5) is 39.5. The number of hydrogen-bond donors (Lipinski definition) is 2.